The van der Waals surface area contributed by atoms with Crippen LogP contribution in [0.25, 0.3) is 0 Å². The first-order valence-electron chi connectivity index (χ1n) is 9.79. The van der Waals surface area contributed by atoms with Crippen LogP contribution in [0.15, 0.2) is 30.3 Å². The number of anilines is 1. The van der Waals surface area contributed by atoms with Crippen molar-refractivity contribution in [1.82, 2.24) is 10.2 Å². The van der Waals surface area contributed by atoms with Gasteiger partial charge in [-0.05, 0) is 48.9 Å². The lowest BCUT2D eigenvalue weighted by Crippen LogP contribution is -2.57. The Morgan fingerprint density at radius 3 is 2.87 bits per heavy atom. The van der Waals surface area contributed by atoms with Crippen molar-refractivity contribution < 1.29 is 18.7 Å². The Balaban J connectivity index is 1.52. The molecule has 2 amide bonds. The van der Waals surface area contributed by atoms with Gasteiger partial charge >= 0.3 is 0 Å². The third-order valence-corrected chi connectivity index (χ3v) is 6.81. The van der Waals surface area contributed by atoms with E-state index >= 15 is 0 Å². The highest BCUT2D eigenvalue weighted by atomic mass is 35.5. The Kier molecular flexibility index (Phi) is 6.11. The van der Waals surface area contributed by atoms with Crippen molar-refractivity contribution in [2.45, 2.75) is 24.6 Å². The van der Waals surface area contributed by atoms with Gasteiger partial charge in [-0.15, -0.1) is 11.3 Å². The molecule has 1 saturated heterocycles. The third kappa shape index (κ3) is 4.37. The number of likely N-dealkylation sites (N-methyl/N-ethyl adjacent to an activating group) is 1. The molecule has 0 saturated carbocycles. The molecule has 2 aromatic rings. The Morgan fingerprint density at radius 1 is 1.33 bits per heavy atom. The summed E-state index contributed by atoms with van der Waals surface area (Å²) in [7, 11) is 1.90. The Bertz CT molecular complexity index is 961. The second kappa shape index (κ2) is 8.63. The number of alkyl halides is 1. The molecule has 1 aromatic carbocycles. The number of fused-ring (bicyclic) bond motifs is 1. The van der Waals surface area contributed by atoms with Crippen LogP contribution in [0.2, 0.25) is 4.34 Å². The summed E-state index contributed by atoms with van der Waals surface area (Å²) in [5.74, 6) is -0.751. The lowest BCUT2D eigenvalue weighted by Gasteiger charge is -2.27. The number of hydrogen-bond donors (Lipinski definition) is 2. The molecule has 2 N–H and O–H groups in total. The number of benzene rings is 1. The first-order chi connectivity index (χ1) is 14.4. The number of nitrogens with one attached hydrogen (secondary N) is 2. The van der Waals surface area contributed by atoms with E-state index in [9.17, 15) is 14.0 Å². The number of amides is 2. The number of carbonyl (C=O) groups excluding carboxylic acids is 2. The number of rotatable bonds is 4. The fourth-order valence-corrected chi connectivity index (χ4v) is 4.77. The van der Waals surface area contributed by atoms with E-state index < -0.39 is 11.7 Å². The predicted octanol–water partition coefficient (Wildman–Crippen LogP) is 3.43. The topological polar surface area (TPSA) is 70.7 Å². The van der Waals surface area contributed by atoms with E-state index in [0.29, 0.717) is 40.0 Å². The van der Waals surface area contributed by atoms with Crippen molar-refractivity contribution in [1.29, 1.82) is 0 Å². The maximum atomic E-state index is 14.7. The van der Waals surface area contributed by atoms with Crippen LogP contribution in [0.4, 0.5) is 10.1 Å². The van der Waals surface area contributed by atoms with Crippen LogP contribution in [0.1, 0.15) is 33.4 Å². The average molecular weight is 452 g/mol. The number of carbonyl (C=O) groups is 2. The lowest BCUT2D eigenvalue weighted by atomic mass is 9.96. The zero-order valence-corrected chi connectivity index (χ0v) is 18.1. The Morgan fingerprint density at radius 2 is 2.17 bits per heavy atom. The minimum Gasteiger partial charge on any atom is -0.378 e. The highest BCUT2D eigenvalue weighted by Gasteiger charge is 2.44. The minimum atomic E-state index is -1.18. The zero-order chi connectivity index (χ0) is 21.3. The molecule has 6 nitrogen and oxygen atoms in total. The van der Waals surface area contributed by atoms with Crippen LogP contribution in [0.5, 0.6) is 0 Å². The fraction of sp³-hybridized carbons (Fsp3) is 0.429. The second-order valence-electron chi connectivity index (χ2n) is 7.79. The van der Waals surface area contributed by atoms with E-state index in [0.717, 1.165) is 29.9 Å². The maximum Gasteiger partial charge on any atom is 0.262 e. The quantitative estimate of drug-likeness (QED) is 0.747. The Labute approximate surface area is 183 Å². The van der Waals surface area contributed by atoms with Crippen LogP contribution < -0.4 is 10.6 Å². The lowest BCUT2D eigenvalue weighted by molar-refractivity contribution is -0.122. The number of thiophene rings is 1. The van der Waals surface area contributed by atoms with Crippen LogP contribution in [0, 0.1) is 0 Å². The van der Waals surface area contributed by atoms with Gasteiger partial charge in [0.2, 0.25) is 0 Å². The summed E-state index contributed by atoms with van der Waals surface area (Å²) in [4.78, 5) is 28.2. The molecule has 2 atom stereocenters. The molecule has 30 heavy (non-hydrogen) atoms. The number of nitrogens with zero attached hydrogens (tertiary/aromatic N) is 1. The smallest absolute Gasteiger partial charge is 0.262 e. The van der Waals surface area contributed by atoms with Crippen molar-refractivity contribution >= 4 is 40.4 Å². The molecule has 4 rings (SSSR count). The van der Waals surface area contributed by atoms with Crippen LogP contribution in [-0.2, 0) is 16.0 Å². The Hall–Kier alpha value is -2.00. The van der Waals surface area contributed by atoms with Gasteiger partial charge in [0.15, 0.2) is 0 Å². The molecular formula is C21H23ClFN3O3S. The van der Waals surface area contributed by atoms with Crippen molar-refractivity contribution in [2.75, 3.05) is 38.7 Å². The van der Waals surface area contributed by atoms with Gasteiger partial charge in [-0.3, -0.25) is 9.59 Å². The van der Waals surface area contributed by atoms with Gasteiger partial charge in [-0.1, -0.05) is 17.7 Å². The zero-order valence-electron chi connectivity index (χ0n) is 16.5. The third-order valence-electron chi connectivity index (χ3n) is 5.58. The van der Waals surface area contributed by atoms with E-state index in [1.807, 2.05) is 18.0 Å². The largest absolute Gasteiger partial charge is 0.378 e. The predicted molar refractivity (Wildman–Crippen MR) is 115 cm³/mol. The van der Waals surface area contributed by atoms with Gasteiger partial charge in [-0.25, -0.2) is 4.39 Å². The van der Waals surface area contributed by atoms with E-state index in [4.69, 9.17) is 16.3 Å². The van der Waals surface area contributed by atoms with Gasteiger partial charge in [-0.2, -0.15) is 0 Å². The SMILES string of the molecule is CN1CCc2ccc(NC(=O)C3(NC(=O)c4ccc(Cl)s4)CCOC3)cc2C(F)C1. The molecule has 2 unspecified atom stereocenters. The molecule has 1 aromatic heterocycles. The summed E-state index contributed by atoms with van der Waals surface area (Å²) in [6.07, 6.45) is -0.000510. The molecule has 0 spiro atoms. The van der Waals surface area contributed by atoms with Gasteiger partial charge in [0.05, 0.1) is 15.8 Å². The highest BCUT2D eigenvalue weighted by Crippen LogP contribution is 2.30. The van der Waals surface area contributed by atoms with Gasteiger partial charge in [0.25, 0.3) is 11.8 Å². The van der Waals surface area contributed by atoms with Crippen molar-refractivity contribution in [3.05, 3.63) is 50.7 Å². The minimum absolute atomic E-state index is 0.0746. The maximum absolute atomic E-state index is 14.7. The number of halogens is 2. The van der Waals surface area contributed by atoms with E-state index in [1.165, 1.54) is 0 Å². The standard InChI is InChI=1S/C21H23ClFN3O3S/c1-26-8-6-13-2-3-14(10-15(13)16(23)11-26)24-20(28)21(7-9-29-12-21)25-19(27)17-4-5-18(22)30-17/h2-5,10,16H,6-9,11-12H2,1H3,(H,24,28)(H,25,27). The highest BCUT2D eigenvalue weighted by molar-refractivity contribution is 7.18. The molecule has 3 heterocycles. The molecule has 0 bridgehead atoms. The number of hydrogen-bond acceptors (Lipinski definition) is 5. The van der Waals surface area contributed by atoms with E-state index in [1.54, 1.807) is 24.3 Å². The molecule has 2 aliphatic rings. The summed E-state index contributed by atoms with van der Waals surface area (Å²) in [5.41, 5.74) is 0.874. The van der Waals surface area contributed by atoms with Gasteiger partial charge in [0.1, 0.15) is 11.7 Å². The molecule has 2 aliphatic heterocycles. The normalized spacial score (nSPS) is 24.2. The second-order valence-corrected chi connectivity index (χ2v) is 9.51. The first-order valence-corrected chi connectivity index (χ1v) is 11.0. The van der Waals surface area contributed by atoms with Crippen LogP contribution in [0.3, 0.4) is 0 Å². The summed E-state index contributed by atoms with van der Waals surface area (Å²) in [6.45, 7) is 1.55. The molecular weight excluding hydrogens is 429 g/mol. The molecule has 0 aliphatic carbocycles. The van der Waals surface area contributed by atoms with Crippen LogP contribution >= 0.6 is 22.9 Å². The average Bonchev–Trinajstić information content (AvgIpc) is 3.33. The van der Waals surface area contributed by atoms with E-state index in [-0.39, 0.29) is 18.4 Å². The summed E-state index contributed by atoms with van der Waals surface area (Å²) in [6, 6.07) is 8.59. The molecule has 0 radical (unpaired) electrons. The first kappa shape index (κ1) is 21.2. The molecule has 9 heteroatoms. The summed E-state index contributed by atoms with van der Waals surface area (Å²) >= 11 is 7.06. The van der Waals surface area contributed by atoms with Crippen LogP contribution in [-0.4, -0.2) is 55.6 Å². The monoisotopic (exact) mass is 451 g/mol. The summed E-state index contributed by atoms with van der Waals surface area (Å²) < 4.78 is 20.6. The van der Waals surface area contributed by atoms with E-state index in [2.05, 4.69) is 10.6 Å². The molecule has 1 fully saturated rings. The fourth-order valence-electron chi connectivity index (χ4n) is 3.83. The van der Waals surface area contributed by atoms with Gasteiger partial charge in [0, 0.05) is 31.8 Å². The van der Waals surface area contributed by atoms with Gasteiger partial charge < -0.3 is 20.3 Å². The van der Waals surface area contributed by atoms with Crippen molar-refractivity contribution in [3.63, 3.8) is 0 Å². The van der Waals surface area contributed by atoms with Crippen molar-refractivity contribution in [2.24, 2.45) is 0 Å². The number of ether oxygens (including phenoxy) is 1. The van der Waals surface area contributed by atoms with Crippen molar-refractivity contribution in [3.8, 4) is 0 Å². The summed E-state index contributed by atoms with van der Waals surface area (Å²) in [5, 5.41) is 5.68. The molecule has 160 valence electrons.